The smallest absolute Gasteiger partial charge is 0.160 e. The molecule has 0 N–H and O–H groups in total. The van der Waals surface area contributed by atoms with Crippen LogP contribution in [0.3, 0.4) is 0 Å². The number of carbonyl (C=O) groups is 1. The Kier molecular flexibility index (Phi) is 3.22. The van der Waals surface area contributed by atoms with Gasteiger partial charge in [-0.3, -0.25) is 4.79 Å². The standard InChI is InChI=1S/C8H5BrFIO/c1-4(12)5-2-3-6(10)8(11)7(5)9/h2-3H,1H3. The second kappa shape index (κ2) is 3.83. The van der Waals surface area contributed by atoms with Gasteiger partial charge in [-0.25, -0.2) is 4.39 Å². The van der Waals surface area contributed by atoms with Gasteiger partial charge in [0, 0.05) is 10.0 Å². The van der Waals surface area contributed by atoms with Crippen LogP contribution in [0.1, 0.15) is 17.3 Å². The van der Waals surface area contributed by atoms with Crippen LogP contribution in [0.5, 0.6) is 0 Å². The van der Waals surface area contributed by atoms with Crippen molar-refractivity contribution in [2.45, 2.75) is 6.92 Å². The molecule has 0 aromatic heterocycles. The third-order valence-electron chi connectivity index (χ3n) is 1.41. The summed E-state index contributed by atoms with van der Waals surface area (Å²) >= 11 is 5.02. The van der Waals surface area contributed by atoms with Gasteiger partial charge in [0.15, 0.2) is 5.78 Å². The van der Waals surface area contributed by atoms with E-state index in [1.165, 1.54) is 19.1 Å². The molecule has 0 fully saturated rings. The predicted octanol–water partition coefficient (Wildman–Crippen LogP) is 3.40. The topological polar surface area (TPSA) is 17.1 Å². The molecule has 12 heavy (non-hydrogen) atoms. The highest BCUT2D eigenvalue weighted by molar-refractivity contribution is 14.1. The van der Waals surface area contributed by atoms with Gasteiger partial charge in [-0.15, -0.1) is 0 Å². The SMILES string of the molecule is CC(=O)c1ccc(F)c(I)c1Br. The van der Waals surface area contributed by atoms with E-state index in [4.69, 9.17) is 0 Å². The zero-order valence-corrected chi connectivity index (χ0v) is 9.94. The summed E-state index contributed by atoms with van der Waals surface area (Å²) in [6.45, 7) is 1.45. The molecule has 64 valence electrons. The molecule has 0 saturated carbocycles. The predicted molar refractivity (Wildman–Crippen MR) is 56.8 cm³/mol. The summed E-state index contributed by atoms with van der Waals surface area (Å²) in [5.74, 6) is -0.382. The zero-order chi connectivity index (χ0) is 9.30. The lowest BCUT2D eigenvalue weighted by Crippen LogP contribution is -1.96. The van der Waals surface area contributed by atoms with Crippen molar-refractivity contribution in [2.75, 3.05) is 0 Å². The van der Waals surface area contributed by atoms with Gasteiger partial charge in [-0.05, 0) is 57.6 Å². The van der Waals surface area contributed by atoms with Crippen LogP contribution in [0.4, 0.5) is 4.39 Å². The van der Waals surface area contributed by atoms with Crippen molar-refractivity contribution >= 4 is 44.3 Å². The Morgan fingerprint density at radius 3 is 2.67 bits per heavy atom. The van der Waals surface area contributed by atoms with Crippen molar-refractivity contribution in [3.63, 3.8) is 0 Å². The first-order valence-corrected chi connectivity index (χ1v) is 5.05. The van der Waals surface area contributed by atoms with Crippen LogP contribution in [0.15, 0.2) is 16.6 Å². The minimum atomic E-state index is -0.313. The molecule has 1 aromatic rings. The molecule has 0 aliphatic rings. The molecule has 0 saturated heterocycles. The summed E-state index contributed by atoms with van der Waals surface area (Å²) in [4.78, 5) is 11.0. The lowest BCUT2D eigenvalue weighted by Gasteiger charge is -2.02. The molecule has 0 aliphatic carbocycles. The number of rotatable bonds is 1. The van der Waals surface area contributed by atoms with Crippen LogP contribution >= 0.6 is 38.5 Å². The summed E-state index contributed by atoms with van der Waals surface area (Å²) in [7, 11) is 0. The zero-order valence-electron chi connectivity index (χ0n) is 6.20. The number of hydrogen-bond donors (Lipinski definition) is 0. The molecule has 1 nitrogen and oxygen atoms in total. The monoisotopic (exact) mass is 342 g/mol. The molecule has 0 spiro atoms. The fraction of sp³-hybridized carbons (Fsp3) is 0.125. The summed E-state index contributed by atoms with van der Waals surface area (Å²) in [6.07, 6.45) is 0. The lowest BCUT2D eigenvalue weighted by atomic mass is 10.1. The molecule has 0 aliphatic heterocycles. The Bertz CT molecular complexity index is 338. The van der Waals surface area contributed by atoms with Crippen molar-refractivity contribution in [1.29, 1.82) is 0 Å². The van der Waals surface area contributed by atoms with Gasteiger partial charge in [-0.2, -0.15) is 0 Å². The number of Topliss-reactive ketones (excluding diaryl/α,β-unsaturated/α-hetero) is 1. The summed E-state index contributed by atoms with van der Waals surface area (Å²) in [5, 5.41) is 0. The van der Waals surface area contributed by atoms with Crippen LogP contribution in [-0.2, 0) is 0 Å². The number of halogens is 3. The van der Waals surface area contributed by atoms with E-state index in [-0.39, 0.29) is 11.6 Å². The van der Waals surface area contributed by atoms with E-state index in [2.05, 4.69) is 15.9 Å². The molecule has 0 unspecified atom stereocenters. The average Bonchev–Trinajstić information content (AvgIpc) is 2.00. The maximum atomic E-state index is 12.9. The van der Waals surface area contributed by atoms with Crippen LogP contribution in [0.25, 0.3) is 0 Å². The van der Waals surface area contributed by atoms with Crippen molar-refractivity contribution < 1.29 is 9.18 Å². The molecule has 4 heteroatoms. The lowest BCUT2D eigenvalue weighted by molar-refractivity contribution is 0.101. The van der Waals surface area contributed by atoms with Gasteiger partial charge in [0.25, 0.3) is 0 Å². The van der Waals surface area contributed by atoms with Crippen LogP contribution in [-0.4, -0.2) is 5.78 Å². The molecule has 0 radical (unpaired) electrons. The van der Waals surface area contributed by atoms with E-state index in [0.717, 1.165) is 0 Å². The van der Waals surface area contributed by atoms with Crippen molar-refractivity contribution in [3.05, 3.63) is 31.6 Å². The first-order chi connectivity index (χ1) is 5.54. The Hall–Kier alpha value is 0.0300. The van der Waals surface area contributed by atoms with Gasteiger partial charge >= 0.3 is 0 Å². The third kappa shape index (κ3) is 1.85. The van der Waals surface area contributed by atoms with Crippen LogP contribution in [0, 0.1) is 9.39 Å². The van der Waals surface area contributed by atoms with Crippen LogP contribution < -0.4 is 0 Å². The molecule has 0 heterocycles. The number of benzene rings is 1. The van der Waals surface area contributed by atoms with E-state index in [0.29, 0.717) is 13.6 Å². The highest BCUT2D eigenvalue weighted by Gasteiger charge is 2.11. The molecule has 0 bridgehead atoms. The van der Waals surface area contributed by atoms with Crippen molar-refractivity contribution in [1.82, 2.24) is 0 Å². The Morgan fingerprint density at radius 2 is 2.17 bits per heavy atom. The second-order valence-electron chi connectivity index (χ2n) is 2.28. The second-order valence-corrected chi connectivity index (χ2v) is 4.15. The number of hydrogen-bond acceptors (Lipinski definition) is 1. The molecule has 0 amide bonds. The van der Waals surface area contributed by atoms with E-state index in [1.807, 2.05) is 22.6 Å². The minimum absolute atomic E-state index is 0.0696. The first kappa shape index (κ1) is 10.1. The van der Waals surface area contributed by atoms with Gasteiger partial charge in [-0.1, -0.05) is 0 Å². The fourth-order valence-electron chi connectivity index (χ4n) is 0.798. The molecular weight excluding hydrogens is 338 g/mol. The molecule has 1 rings (SSSR count). The van der Waals surface area contributed by atoms with E-state index in [9.17, 15) is 9.18 Å². The maximum Gasteiger partial charge on any atom is 0.160 e. The quantitative estimate of drug-likeness (QED) is 0.434. The number of ketones is 1. The average molecular weight is 343 g/mol. The summed E-state index contributed by atoms with van der Waals surface area (Å²) < 4.78 is 13.9. The number of carbonyl (C=O) groups excluding carboxylic acids is 1. The Balaban J connectivity index is 3.36. The molecular formula is C8H5BrFIO. The van der Waals surface area contributed by atoms with Gasteiger partial charge in [0.1, 0.15) is 5.82 Å². The maximum absolute atomic E-state index is 12.9. The van der Waals surface area contributed by atoms with Crippen molar-refractivity contribution in [3.8, 4) is 0 Å². The van der Waals surface area contributed by atoms with E-state index < -0.39 is 0 Å². The molecule has 1 aromatic carbocycles. The Labute approximate surface area is 91.6 Å². The van der Waals surface area contributed by atoms with Gasteiger partial charge in [0.2, 0.25) is 0 Å². The minimum Gasteiger partial charge on any atom is -0.294 e. The fourth-order valence-corrected chi connectivity index (χ4v) is 1.87. The highest BCUT2D eigenvalue weighted by Crippen LogP contribution is 2.26. The van der Waals surface area contributed by atoms with E-state index in [1.54, 1.807) is 0 Å². The Morgan fingerprint density at radius 1 is 1.58 bits per heavy atom. The largest absolute Gasteiger partial charge is 0.294 e. The van der Waals surface area contributed by atoms with Crippen molar-refractivity contribution in [2.24, 2.45) is 0 Å². The van der Waals surface area contributed by atoms with Gasteiger partial charge < -0.3 is 0 Å². The summed E-state index contributed by atoms with van der Waals surface area (Å²) in [5.41, 5.74) is 0.515. The summed E-state index contributed by atoms with van der Waals surface area (Å²) in [6, 6.07) is 2.77. The van der Waals surface area contributed by atoms with Crippen LogP contribution in [0.2, 0.25) is 0 Å². The highest BCUT2D eigenvalue weighted by atomic mass is 127. The first-order valence-electron chi connectivity index (χ1n) is 3.18. The van der Waals surface area contributed by atoms with Gasteiger partial charge in [0.05, 0.1) is 3.57 Å². The third-order valence-corrected chi connectivity index (χ3v) is 4.03. The normalized spacial score (nSPS) is 10.0. The van der Waals surface area contributed by atoms with E-state index >= 15 is 0 Å². The molecule has 0 atom stereocenters.